The Balaban J connectivity index is 1.40. The Bertz CT molecular complexity index is 870. The highest BCUT2D eigenvalue weighted by atomic mass is 19.3. The van der Waals surface area contributed by atoms with Crippen LogP contribution in [0.15, 0.2) is 36.7 Å². The standard InChI is InChI=1S/C18H19F2N5O2/c1-24-14-12(18(14,19)20)7-8-13(17(24)27)22-16(26)15-21-10-25(23-15)9-11-5-3-2-4-6-11/h2-6,10,12-14H,7-9H2,1H3,(H,22,26)/t12?,13-,14?/m0/s1. The van der Waals surface area contributed by atoms with Gasteiger partial charge in [0.05, 0.1) is 12.5 Å². The Hall–Kier alpha value is -2.84. The summed E-state index contributed by atoms with van der Waals surface area (Å²) in [5, 5.41) is 6.72. The normalized spacial score (nSPS) is 26.3. The third kappa shape index (κ3) is 3.17. The fourth-order valence-electron chi connectivity index (χ4n) is 3.71. The number of nitrogens with zero attached hydrogens (tertiary/aromatic N) is 4. The smallest absolute Gasteiger partial charge is 0.291 e. The lowest BCUT2D eigenvalue weighted by molar-refractivity contribution is -0.133. The third-order valence-electron chi connectivity index (χ3n) is 5.22. The molecule has 1 N–H and O–H groups in total. The molecule has 1 saturated heterocycles. The molecule has 27 heavy (non-hydrogen) atoms. The molecule has 142 valence electrons. The summed E-state index contributed by atoms with van der Waals surface area (Å²) in [6.07, 6.45) is 1.81. The number of amides is 2. The van der Waals surface area contributed by atoms with Crippen LogP contribution in [-0.2, 0) is 11.3 Å². The van der Waals surface area contributed by atoms with Crippen molar-refractivity contribution in [3.05, 3.63) is 48.0 Å². The first-order valence-corrected chi connectivity index (χ1v) is 8.76. The maximum absolute atomic E-state index is 13.6. The Morgan fingerprint density at radius 2 is 2.04 bits per heavy atom. The summed E-state index contributed by atoms with van der Waals surface area (Å²) < 4.78 is 28.8. The maximum Gasteiger partial charge on any atom is 0.291 e. The summed E-state index contributed by atoms with van der Waals surface area (Å²) in [6.45, 7) is 0.463. The molecule has 1 aromatic heterocycles. The molecule has 2 unspecified atom stereocenters. The number of carbonyl (C=O) groups is 2. The molecule has 0 spiro atoms. The van der Waals surface area contributed by atoms with Gasteiger partial charge >= 0.3 is 0 Å². The molecule has 9 heteroatoms. The van der Waals surface area contributed by atoms with Crippen LogP contribution in [0.2, 0.25) is 0 Å². The Kier molecular flexibility index (Phi) is 4.16. The molecule has 7 nitrogen and oxygen atoms in total. The first-order chi connectivity index (χ1) is 12.9. The van der Waals surface area contributed by atoms with Crippen LogP contribution < -0.4 is 5.32 Å². The molecule has 2 amide bonds. The highest BCUT2D eigenvalue weighted by molar-refractivity contribution is 5.95. The van der Waals surface area contributed by atoms with E-state index in [0.29, 0.717) is 6.54 Å². The average molecular weight is 375 g/mol. The predicted molar refractivity (Wildman–Crippen MR) is 91.0 cm³/mol. The minimum Gasteiger partial charge on any atom is -0.337 e. The summed E-state index contributed by atoms with van der Waals surface area (Å²) in [4.78, 5) is 29.9. The van der Waals surface area contributed by atoms with E-state index in [1.165, 1.54) is 18.1 Å². The summed E-state index contributed by atoms with van der Waals surface area (Å²) in [6, 6.07) is 7.68. The summed E-state index contributed by atoms with van der Waals surface area (Å²) >= 11 is 0. The number of fused-ring (bicyclic) bond motifs is 1. The number of likely N-dealkylation sites (tertiary alicyclic amines) is 1. The lowest BCUT2D eigenvalue weighted by Gasteiger charge is -2.22. The van der Waals surface area contributed by atoms with E-state index in [0.717, 1.165) is 10.5 Å². The van der Waals surface area contributed by atoms with E-state index in [4.69, 9.17) is 0 Å². The van der Waals surface area contributed by atoms with Gasteiger partial charge in [0.1, 0.15) is 18.4 Å². The van der Waals surface area contributed by atoms with Gasteiger partial charge in [-0.3, -0.25) is 9.59 Å². The van der Waals surface area contributed by atoms with E-state index in [2.05, 4.69) is 15.4 Å². The molecule has 2 aliphatic rings. The van der Waals surface area contributed by atoms with E-state index in [1.807, 2.05) is 30.3 Å². The lowest BCUT2D eigenvalue weighted by Crippen LogP contribution is -2.48. The molecule has 0 radical (unpaired) electrons. The number of aromatic nitrogens is 3. The molecule has 2 fully saturated rings. The maximum atomic E-state index is 13.6. The summed E-state index contributed by atoms with van der Waals surface area (Å²) in [5.74, 6) is -4.79. The molecule has 1 aliphatic heterocycles. The SMILES string of the molecule is CN1C(=O)[C@@H](NC(=O)c2ncn(Cc3ccccc3)n2)CCC2C1C2(F)F. The number of rotatable bonds is 4. The molecule has 4 rings (SSSR count). The van der Waals surface area contributed by atoms with Gasteiger partial charge < -0.3 is 10.2 Å². The number of carbonyl (C=O) groups excluding carboxylic acids is 2. The Morgan fingerprint density at radius 3 is 2.78 bits per heavy atom. The molecule has 3 atom stereocenters. The van der Waals surface area contributed by atoms with Gasteiger partial charge in [0.15, 0.2) is 0 Å². The summed E-state index contributed by atoms with van der Waals surface area (Å²) in [5.41, 5.74) is 1.01. The largest absolute Gasteiger partial charge is 0.337 e. The molecule has 1 aromatic carbocycles. The summed E-state index contributed by atoms with van der Waals surface area (Å²) in [7, 11) is 1.36. The van der Waals surface area contributed by atoms with E-state index in [-0.39, 0.29) is 18.7 Å². The molecule has 2 aromatic rings. The van der Waals surface area contributed by atoms with Gasteiger partial charge in [-0.25, -0.2) is 18.4 Å². The van der Waals surface area contributed by atoms with Crippen molar-refractivity contribution in [1.82, 2.24) is 25.0 Å². The minimum absolute atomic E-state index is 0.0545. The molecular formula is C18H19F2N5O2. The van der Waals surface area contributed by atoms with Crippen LogP contribution in [0.1, 0.15) is 29.0 Å². The number of benzene rings is 1. The molecular weight excluding hydrogens is 356 g/mol. The number of alkyl halides is 2. The second-order valence-electron chi connectivity index (χ2n) is 7.03. The zero-order chi connectivity index (χ0) is 19.2. The molecule has 1 aliphatic carbocycles. The van der Waals surface area contributed by atoms with E-state index >= 15 is 0 Å². The van der Waals surface area contributed by atoms with Gasteiger partial charge in [-0.15, -0.1) is 5.10 Å². The fourth-order valence-corrected chi connectivity index (χ4v) is 3.71. The van der Waals surface area contributed by atoms with Gasteiger partial charge in [0, 0.05) is 7.05 Å². The minimum atomic E-state index is -2.82. The molecule has 2 heterocycles. The Morgan fingerprint density at radius 1 is 1.30 bits per heavy atom. The average Bonchev–Trinajstić information content (AvgIpc) is 2.99. The molecule has 0 bridgehead atoms. The van der Waals surface area contributed by atoms with Crippen LogP contribution in [-0.4, -0.2) is 56.5 Å². The highest BCUT2D eigenvalue weighted by Crippen LogP contribution is 2.55. The van der Waals surface area contributed by atoms with E-state index in [9.17, 15) is 18.4 Å². The van der Waals surface area contributed by atoms with Gasteiger partial charge in [-0.1, -0.05) is 30.3 Å². The van der Waals surface area contributed by atoms with Crippen LogP contribution in [0.3, 0.4) is 0 Å². The first kappa shape index (κ1) is 17.6. The van der Waals surface area contributed by atoms with Crippen molar-refractivity contribution in [2.75, 3.05) is 7.05 Å². The van der Waals surface area contributed by atoms with Crippen molar-refractivity contribution in [2.24, 2.45) is 5.92 Å². The monoisotopic (exact) mass is 375 g/mol. The van der Waals surface area contributed by atoms with Crippen LogP contribution in [0, 0.1) is 5.92 Å². The predicted octanol–water partition coefficient (Wildman–Crippen LogP) is 1.31. The quantitative estimate of drug-likeness (QED) is 0.874. The Labute approximate surface area is 154 Å². The van der Waals surface area contributed by atoms with E-state index < -0.39 is 35.7 Å². The number of halogens is 2. The van der Waals surface area contributed by atoms with E-state index in [1.54, 1.807) is 0 Å². The zero-order valence-electron chi connectivity index (χ0n) is 14.7. The van der Waals surface area contributed by atoms with Crippen LogP contribution in [0.25, 0.3) is 0 Å². The second-order valence-corrected chi connectivity index (χ2v) is 7.03. The number of hydrogen-bond donors (Lipinski definition) is 1. The second kappa shape index (κ2) is 6.40. The van der Waals surface area contributed by atoms with Crippen molar-refractivity contribution in [3.8, 4) is 0 Å². The van der Waals surface area contributed by atoms with Gasteiger partial charge in [0.2, 0.25) is 11.7 Å². The van der Waals surface area contributed by atoms with Crippen LogP contribution in [0.4, 0.5) is 8.78 Å². The van der Waals surface area contributed by atoms with Crippen LogP contribution in [0.5, 0.6) is 0 Å². The van der Waals surface area contributed by atoms with Gasteiger partial charge in [-0.05, 0) is 18.4 Å². The number of nitrogens with one attached hydrogen (secondary N) is 1. The van der Waals surface area contributed by atoms with Crippen molar-refractivity contribution in [2.45, 2.75) is 37.4 Å². The van der Waals surface area contributed by atoms with Crippen molar-refractivity contribution >= 4 is 11.8 Å². The lowest BCUT2D eigenvalue weighted by atomic mass is 10.1. The van der Waals surface area contributed by atoms with Gasteiger partial charge in [-0.2, -0.15) is 0 Å². The third-order valence-corrected chi connectivity index (χ3v) is 5.22. The topological polar surface area (TPSA) is 80.1 Å². The van der Waals surface area contributed by atoms with Crippen molar-refractivity contribution < 1.29 is 18.4 Å². The van der Waals surface area contributed by atoms with Crippen molar-refractivity contribution in [3.63, 3.8) is 0 Å². The van der Waals surface area contributed by atoms with Crippen LogP contribution >= 0.6 is 0 Å². The first-order valence-electron chi connectivity index (χ1n) is 8.76. The highest BCUT2D eigenvalue weighted by Gasteiger charge is 2.71. The fraction of sp³-hybridized carbons (Fsp3) is 0.444. The molecule has 1 saturated carbocycles. The van der Waals surface area contributed by atoms with Gasteiger partial charge in [0.25, 0.3) is 11.8 Å². The number of hydrogen-bond acceptors (Lipinski definition) is 4. The number of likely N-dealkylation sites (N-methyl/N-ethyl adjacent to an activating group) is 1. The van der Waals surface area contributed by atoms with Crippen molar-refractivity contribution in [1.29, 1.82) is 0 Å². The zero-order valence-corrected chi connectivity index (χ0v) is 14.7.